The van der Waals surface area contributed by atoms with Crippen molar-refractivity contribution in [1.29, 1.82) is 0 Å². The van der Waals surface area contributed by atoms with Crippen molar-refractivity contribution in [3.63, 3.8) is 0 Å². The number of hydrogen-bond acceptors (Lipinski definition) is 4. The van der Waals surface area contributed by atoms with E-state index in [-0.39, 0.29) is 23.3 Å². The van der Waals surface area contributed by atoms with E-state index in [4.69, 9.17) is 29.6 Å². The zero-order valence-corrected chi connectivity index (χ0v) is 11.7. The number of imide groups is 1. The van der Waals surface area contributed by atoms with Crippen LogP contribution >= 0.6 is 23.8 Å². The Morgan fingerprint density at radius 2 is 2.21 bits per heavy atom. The van der Waals surface area contributed by atoms with Crippen LogP contribution in [0.1, 0.15) is 12.5 Å². The molecule has 2 rings (SSSR count). The Morgan fingerprint density at radius 3 is 2.79 bits per heavy atom. The molecule has 1 aromatic rings. The van der Waals surface area contributed by atoms with E-state index in [1.165, 1.54) is 0 Å². The Morgan fingerprint density at radius 1 is 1.53 bits per heavy atom. The number of thiocarbonyl (C=S) groups is 1. The number of carbonyl (C=O) groups is 2. The smallest absolute Gasteiger partial charge is 0.249 e. The van der Waals surface area contributed by atoms with Gasteiger partial charge in [0.15, 0.2) is 0 Å². The second-order valence-corrected chi connectivity index (χ2v) is 5.09. The number of carbonyl (C=O) groups excluding carboxylic acids is 2. The van der Waals surface area contributed by atoms with E-state index >= 15 is 0 Å². The summed E-state index contributed by atoms with van der Waals surface area (Å²) in [5.74, 6) is -0.663. The summed E-state index contributed by atoms with van der Waals surface area (Å²) < 4.78 is 0. The van der Waals surface area contributed by atoms with E-state index in [9.17, 15) is 9.59 Å². The number of halogens is 1. The molecule has 3 N–H and O–H groups in total. The van der Waals surface area contributed by atoms with Crippen molar-refractivity contribution >= 4 is 46.3 Å². The van der Waals surface area contributed by atoms with E-state index in [1.54, 1.807) is 30.0 Å². The molecule has 0 aromatic heterocycles. The molecule has 5 nitrogen and oxygen atoms in total. The largest absolute Gasteiger partial charge is 0.389 e. The van der Waals surface area contributed by atoms with Crippen LogP contribution in [0.3, 0.4) is 0 Å². The van der Waals surface area contributed by atoms with Crippen LogP contribution in [0.5, 0.6) is 0 Å². The third-order valence-electron chi connectivity index (χ3n) is 2.97. The van der Waals surface area contributed by atoms with E-state index < -0.39 is 6.04 Å². The van der Waals surface area contributed by atoms with Gasteiger partial charge >= 0.3 is 0 Å². The lowest BCUT2D eigenvalue weighted by Crippen LogP contribution is -2.57. The van der Waals surface area contributed by atoms with Crippen LogP contribution < -0.4 is 16.0 Å². The highest BCUT2D eigenvalue weighted by molar-refractivity contribution is 7.80. The molecule has 7 heteroatoms. The predicted octanol–water partition coefficient (Wildman–Crippen LogP) is 0.826. The monoisotopic (exact) mass is 297 g/mol. The molecule has 100 valence electrons. The van der Waals surface area contributed by atoms with Gasteiger partial charge in [0.25, 0.3) is 0 Å². The van der Waals surface area contributed by atoms with Crippen molar-refractivity contribution < 1.29 is 9.59 Å². The number of nitrogens with zero attached hydrogens (tertiary/aromatic N) is 1. The van der Waals surface area contributed by atoms with Gasteiger partial charge in [-0.1, -0.05) is 23.8 Å². The first kappa shape index (κ1) is 13.8. The molecule has 0 radical (unpaired) electrons. The highest BCUT2D eigenvalue weighted by atomic mass is 35.5. The fourth-order valence-corrected chi connectivity index (χ4v) is 2.42. The zero-order valence-electron chi connectivity index (χ0n) is 10.1. The summed E-state index contributed by atoms with van der Waals surface area (Å²) >= 11 is 11.0. The summed E-state index contributed by atoms with van der Waals surface area (Å²) in [4.78, 5) is 24.9. The lowest BCUT2D eigenvalue weighted by Gasteiger charge is -2.33. The third kappa shape index (κ3) is 2.69. The van der Waals surface area contributed by atoms with Crippen LogP contribution in [0.15, 0.2) is 18.2 Å². The standard InChI is InChI=1S/C12H12ClN3O2S/c1-6-12(18)15-10(17)5-16(6)7-2-3-8(11(14)19)9(13)4-7/h2-4,6H,5H2,1H3,(H2,14,19)(H,15,17,18). The molecule has 0 bridgehead atoms. The first-order chi connectivity index (χ1) is 8.90. The first-order valence-electron chi connectivity index (χ1n) is 5.60. The quantitative estimate of drug-likeness (QED) is 0.624. The molecule has 1 aliphatic rings. The molecule has 19 heavy (non-hydrogen) atoms. The van der Waals surface area contributed by atoms with Gasteiger partial charge in [0.2, 0.25) is 11.8 Å². The molecule has 1 fully saturated rings. The Bertz CT molecular complexity index is 576. The lowest BCUT2D eigenvalue weighted by molar-refractivity contribution is -0.132. The summed E-state index contributed by atoms with van der Waals surface area (Å²) in [6.07, 6.45) is 0. The number of nitrogens with two attached hydrogens (primary N) is 1. The van der Waals surface area contributed by atoms with Crippen molar-refractivity contribution in [3.05, 3.63) is 28.8 Å². The van der Waals surface area contributed by atoms with Gasteiger partial charge < -0.3 is 10.6 Å². The summed E-state index contributed by atoms with van der Waals surface area (Å²) in [6, 6.07) is 4.63. The number of hydrogen-bond donors (Lipinski definition) is 2. The van der Waals surface area contributed by atoms with Crippen molar-refractivity contribution in [2.24, 2.45) is 5.73 Å². The maximum Gasteiger partial charge on any atom is 0.249 e. The number of anilines is 1. The number of benzene rings is 1. The van der Waals surface area contributed by atoms with E-state index in [2.05, 4.69) is 5.32 Å². The minimum absolute atomic E-state index is 0.107. The summed E-state index contributed by atoms with van der Waals surface area (Å²) in [6.45, 7) is 1.83. The normalized spacial score (nSPS) is 19.3. The number of rotatable bonds is 2. The van der Waals surface area contributed by atoms with Crippen LogP contribution in [0.2, 0.25) is 5.02 Å². The van der Waals surface area contributed by atoms with Gasteiger partial charge in [-0.15, -0.1) is 0 Å². The van der Waals surface area contributed by atoms with Gasteiger partial charge in [0, 0.05) is 11.3 Å². The van der Waals surface area contributed by atoms with Gasteiger partial charge in [-0.3, -0.25) is 14.9 Å². The van der Waals surface area contributed by atoms with Crippen LogP contribution in [0.25, 0.3) is 0 Å². The summed E-state index contributed by atoms with van der Waals surface area (Å²) in [5.41, 5.74) is 6.78. The predicted molar refractivity (Wildman–Crippen MR) is 77.3 cm³/mol. The Kier molecular flexibility index (Phi) is 3.73. The van der Waals surface area contributed by atoms with Crippen molar-refractivity contribution in [3.8, 4) is 0 Å². The Labute approximate surface area is 120 Å². The minimum Gasteiger partial charge on any atom is -0.389 e. The Balaban J connectivity index is 2.36. The third-order valence-corrected chi connectivity index (χ3v) is 3.51. The average Bonchev–Trinajstić information content (AvgIpc) is 2.33. The molecule has 0 spiro atoms. The highest BCUT2D eigenvalue weighted by Gasteiger charge is 2.30. The fourth-order valence-electron chi connectivity index (χ4n) is 1.91. The van der Waals surface area contributed by atoms with Crippen molar-refractivity contribution in [2.75, 3.05) is 11.4 Å². The molecule has 1 atom stereocenters. The van der Waals surface area contributed by atoms with Crippen molar-refractivity contribution in [1.82, 2.24) is 5.32 Å². The maximum absolute atomic E-state index is 11.6. The van der Waals surface area contributed by atoms with E-state index in [0.717, 1.165) is 0 Å². The zero-order chi connectivity index (χ0) is 14.2. The van der Waals surface area contributed by atoms with Crippen LogP contribution in [-0.2, 0) is 9.59 Å². The van der Waals surface area contributed by atoms with E-state index in [1.807, 2.05) is 0 Å². The first-order valence-corrected chi connectivity index (χ1v) is 6.38. The van der Waals surface area contributed by atoms with Crippen LogP contribution in [0, 0.1) is 0 Å². The maximum atomic E-state index is 11.6. The van der Waals surface area contributed by atoms with Gasteiger partial charge in [-0.05, 0) is 25.1 Å². The van der Waals surface area contributed by atoms with Gasteiger partial charge in [0.05, 0.1) is 11.6 Å². The van der Waals surface area contributed by atoms with Gasteiger partial charge in [-0.25, -0.2) is 0 Å². The SMILES string of the molecule is CC1C(=O)NC(=O)CN1c1ccc(C(N)=S)c(Cl)c1. The highest BCUT2D eigenvalue weighted by Crippen LogP contribution is 2.26. The topological polar surface area (TPSA) is 75.4 Å². The number of amides is 2. The molecular formula is C12H12ClN3O2S. The summed E-state index contributed by atoms with van der Waals surface area (Å²) in [5, 5.41) is 2.68. The molecule has 1 unspecified atom stereocenters. The van der Waals surface area contributed by atoms with E-state index in [0.29, 0.717) is 16.3 Å². The molecule has 2 amide bonds. The summed E-state index contributed by atoms with van der Waals surface area (Å²) in [7, 11) is 0. The van der Waals surface area contributed by atoms with Crippen LogP contribution in [0.4, 0.5) is 5.69 Å². The van der Waals surface area contributed by atoms with Gasteiger partial charge in [-0.2, -0.15) is 0 Å². The minimum atomic E-state index is -0.440. The average molecular weight is 298 g/mol. The van der Waals surface area contributed by atoms with Crippen LogP contribution in [-0.4, -0.2) is 29.4 Å². The molecular weight excluding hydrogens is 286 g/mol. The lowest BCUT2D eigenvalue weighted by atomic mass is 10.1. The molecule has 0 saturated carbocycles. The van der Waals surface area contributed by atoms with Crippen molar-refractivity contribution in [2.45, 2.75) is 13.0 Å². The molecule has 1 aliphatic heterocycles. The molecule has 0 aliphatic carbocycles. The fraction of sp³-hybridized carbons (Fsp3) is 0.250. The number of piperazine rings is 1. The molecule has 1 heterocycles. The van der Waals surface area contributed by atoms with Gasteiger partial charge in [0.1, 0.15) is 11.0 Å². The molecule has 1 saturated heterocycles. The Hall–Kier alpha value is -1.66. The number of nitrogens with one attached hydrogen (secondary N) is 1. The molecule has 1 aromatic carbocycles. The second-order valence-electron chi connectivity index (χ2n) is 4.24. The second kappa shape index (κ2) is 5.14.